The molecule has 6 nitrogen and oxygen atoms in total. The Labute approximate surface area is 176 Å². The lowest BCUT2D eigenvalue weighted by Gasteiger charge is -2.18. The maximum absolute atomic E-state index is 11.1. The molecule has 3 aromatic carbocycles. The Morgan fingerprint density at radius 2 is 0.933 bits per heavy atom. The van der Waals surface area contributed by atoms with E-state index in [2.05, 4.69) is 13.8 Å². The van der Waals surface area contributed by atoms with Gasteiger partial charge in [0, 0.05) is 11.4 Å². The molecule has 162 valence electrons. The summed E-state index contributed by atoms with van der Waals surface area (Å²) in [5, 5.41) is 44.2. The fraction of sp³-hybridized carbons (Fsp3) is 0.417. The molecular weight excluding hydrogens is 380 g/mol. The van der Waals surface area contributed by atoms with Crippen molar-refractivity contribution in [3.05, 3.63) is 23.3 Å². The number of phenolic OH excluding ortho intramolecular Hbond substituents is 4. The van der Waals surface area contributed by atoms with E-state index in [9.17, 15) is 20.4 Å². The summed E-state index contributed by atoms with van der Waals surface area (Å²) >= 11 is 0. The minimum absolute atomic E-state index is 0.0481. The summed E-state index contributed by atoms with van der Waals surface area (Å²) in [5.74, 6) is -0.821. The maximum atomic E-state index is 11.1. The molecule has 0 spiro atoms. The van der Waals surface area contributed by atoms with Gasteiger partial charge in [-0.25, -0.2) is 0 Å². The Kier molecular flexibility index (Phi) is 6.34. The zero-order chi connectivity index (χ0) is 22.0. The van der Waals surface area contributed by atoms with Crippen LogP contribution in [0.1, 0.15) is 63.5 Å². The molecule has 0 bridgehead atoms. The van der Waals surface area contributed by atoms with E-state index < -0.39 is 0 Å². The van der Waals surface area contributed by atoms with Crippen molar-refractivity contribution in [1.82, 2.24) is 0 Å². The molecule has 30 heavy (non-hydrogen) atoms. The van der Waals surface area contributed by atoms with Crippen molar-refractivity contribution in [1.29, 1.82) is 0 Å². The summed E-state index contributed by atoms with van der Waals surface area (Å²) in [6, 6.07) is 3.26. The lowest BCUT2D eigenvalue weighted by molar-refractivity contribution is 0.451. The average molecular weight is 413 g/mol. The molecule has 3 aromatic rings. The van der Waals surface area contributed by atoms with Gasteiger partial charge in [-0.2, -0.15) is 0 Å². The molecule has 3 rings (SSSR count). The maximum Gasteiger partial charge on any atom is 0.139 e. The predicted octanol–water partition coefficient (Wildman–Crippen LogP) is 5.45. The van der Waals surface area contributed by atoms with Crippen molar-refractivity contribution < 1.29 is 20.4 Å². The second-order valence-electron chi connectivity index (χ2n) is 8.06. The van der Waals surface area contributed by atoms with Gasteiger partial charge >= 0.3 is 0 Å². The van der Waals surface area contributed by atoms with Gasteiger partial charge < -0.3 is 31.9 Å². The highest BCUT2D eigenvalue weighted by Crippen LogP contribution is 2.53. The third kappa shape index (κ3) is 3.62. The molecule has 0 unspecified atom stereocenters. The minimum atomic E-state index is -0.319. The van der Waals surface area contributed by atoms with Crippen LogP contribution in [0.2, 0.25) is 0 Å². The topological polar surface area (TPSA) is 133 Å². The van der Waals surface area contributed by atoms with Crippen LogP contribution in [0.15, 0.2) is 12.1 Å². The van der Waals surface area contributed by atoms with Gasteiger partial charge in [0.15, 0.2) is 0 Å². The van der Waals surface area contributed by atoms with Crippen LogP contribution in [-0.2, 0) is 12.8 Å². The first-order chi connectivity index (χ1) is 14.3. The molecule has 0 saturated heterocycles. The lowest BCUT2D eigenvalue weighted by atomic mass is 9.91. The molecular formula is C24H32N2O4. The first-order valence-corrected chi connectivity index (χ1v) is 10.7. The monoisotopic (exact) mass is 412 g/mol. The summed E-state index contributed by atoms with van der Waals surface area (Å²) in [6.07, 6.45) is 7.02. The summed E-state index contributed by atoms with van der Waals surface area (Å²) < 4.78 is 0. The van der Waals surface area contributed by atoms with Gasteiger partial charge in [0.2, 0.25) is 0 Å². The van der Waals surface area contributed by atoms with E-state index in [-0.39, 0.29) is 55.9 Å². The Hall–Kier alpha value is -3.02. The first-order valence-electron chi connectivity index (χ1n) is 10.7. The Morgan fingerprint density at radius 1 is 0.567 bits per heavy atom. The number of benzene rings is 3. The van der Waals surface area contributed by atoms with E-state index in [0.29, 0.717) is 24.0 Å². The van der Waals surface area contributed by atoms with Crippen molar-refractivity contribution in [2.75, 3.05) is 11.5 Å². The Balaban J connectivity index is 2.31. The van der Waals surface area contributed by atoms with Crippen LogP contribution in [0.4, 0.5) is 11.4 Å². The van der Waals surface area contributed by atoms with E-state index in [1.54, 1.807) is 12.1 Å². The zero-order valence-corrected chi connectivity index (χ0v) is 17.8. The summed E-state index contributed by atoms with van der Waals surface area (Å²) in [5.41, 5.74) is 14.1. The van der Waals surface area contributed by atoms with Crippen molar-refractivity contribution in [2.24, 2.45) is 0 Å². The van der Waals surface area contributed by atoms with Crippen LogP contribution >= 0.6 is 0 Å². The highest BCUT2D eigenvalue weighted by atomic mass is 16.3. The van der Waals surface area contributed by atoms with Gasteiger partial charge in [0.05, 0.1) is 21.5 Å². The van der Waals surface area contributed by atoms with Crippen molar-refractivity contribution in [3.63, 3.8) is 0 Å². The van der Waals surface area contributed by atoms with Crippen LogP contribution in [-0.4, -0.2) is 20.4 Å². The van der Waals surface area contributed by atoms with Crippen molar-refractivity contribution in [3.8, 4) is 23.0 Å². The number of nitrogen functional groups attached to an aromatic ring is 2. The third-order valence-electron chi connectivity index (χ3n) is 5.87. The summed E-state index contributed by atoms with van der Waals surface area (Å²) in [4.78, 5) is 0. The zero-order valence-electron chi connectivity index (χ0n) is 17.8. The second kappa shape index (κ2) is 8.78. The number of anilines is 2. The number of aromatic hydroxyl groups is 4. The van der Waals surface area contributed by atoms with Crippen molar-refractivity contribution >= 4 is 32.9 Å². The van der Waals surface area contributed by atoms with Gasteiger partial charge in [-0.15, -0.1) is 0 Å². The molecule has 0 atom stereocenters. The number of nitrogens with two attached hydrogens (primary N) is 2. The fourth-order valence-corrected chi connectivity index (χ4v) is 4.24. The fourth-order valence-electron chi connectivity index (χ4n) is 4.24. The Morgan fingerprint density at radius 3 is 1.30 bits per heavy atom. The number of phenols is 4. The molecule has 6 heteroatoms. The van der Waals surface area contributed by atoms with Gasteiger partial charge in [-0.1, -0.05) is 39.5 Å². The highest BCUT2D eigenvalue weighted by Gasteiger charge is 2.25. The molecule has 0 aliphatic carbocycles. The highest BCUT2D eigenvalue weighted by molar-refractivity contribution is 6.21. The van der Waals surface area contributed by atoms with Crippen LogP contribution in [0, 0.1) is 0 Å². The SMILES string of the molecule is CCCCCc1cc(N)c2c(O)c3c(N)cc(CCCCC)c(O)c3c(O)c2c1O. The van der Waals surface area contributed by atoms with Gasteiger partial charge in [-0.3, -0.25) is 0 Å². The molecule has 0 saturated carbocycles. The van der Waals surface area contributed by atoms with E-state index in [1.165, 1.54) is 0 Å². The minimum Gasteiger partial charge on any atom is -0.507 e. The second-order valence-corrected chi connectivity index (χ2v) is 8.06. The van der Waals surface area contributed by atoms with Crippen molar-refractivity contribution in [2.45, 2.75) is 65.2 Å². The lowest BCUT2D eigenvalue weighted by Crippen LogP contribution is -1.98. The Bertz CT molecular complexity index is 1010. The molecule has 0 heterocycles. The third-order valence-corrected chi connectivity index (χ3v) is 5.87. The average Bonchev–Trinajstić information content (AvgIpc) is 2.70. The van der Waals surface area contributed by atoms with E-state index in [0.717, 1.165) is 38.5 Å². The smallest absolute Gasteiger partial charge is 0.139 e. The van der Waals surface area contributed by atoms with Crippen LogP contribution in [0.3, 0.4) is 0 Å². The number of fused-ring (bicyclic) bond motifs is 2. The largest absolute Gasteiger partial charge is 0.507 e. The molecule has 0 aromatic heterocycles. The number of aryl methyl sites for hydroxylation is 2. The van der Waals surface area contributed by atoms with E-state index >= 15 is 0 Å². The van der Waals surface area contributed by atoms with Crippen LogP contribution in [0.5, 0.6) is 23.0 Å². The normalized spacial score (nSPS) is 11.5. The van der Waals surface area contributed by atoms with E-state index in [1.807, 2.05) is 0 Å². The number of hydrogen-bond donors (Lipinski definition) is 6. The standard InChI is InChI=1S/C24H32N2O4/c1-3-5-7-9-13-11-15(25)17-19(21(13)27)24(30)20-18(23(17)29)16(26)12-14(22(20)28)10-8-6-4-2/h11-12,27-30H,3-10,25-26H2,1-2H3. The summed E-state index contributed by atoms with van der Waals surface area (Å²) in [7, 11) is 0. The van der Waals surface area contributed by atoms with Gasteiger partial charge in [0.1, 0.15) is 23.0 Å². The van der Waals surface area contributed by atoms with E-state index in [4.69, 9.17) is 11.5 Å². The van der Waals surface area contributed by atoms with Gasteiger partial charge in [0.25, 0.3) is 0 Å². The molecule has 0 amide bonds. The van der Waals surface area contributed by atoms with Crippen LogP contribution in [0.25, 0.3) is 21.5 Å². The number of rotatable bonds is 8. The molecule has 8 N–H and O–H groups in total. The number of hydrogen-bond acceptors (Lipinski definition) is 6. The summed E-state index contributed by atoms with van der Waals surface area (Å²) in [6.45, 7) is 4.19. The molecule has 0 radical (unpaired) electrons. The molecule has 0 fully saturated rings. The predicted molar refractivity (Wildman–Crippen MR) is 123 cm³/mol. The first kappa shape index (κ1) is 21.7. The number of unbranched alkanes of at least 4 members (excludes halogenated alkanes) is 4. The van der Waals surface area contributed by atoms with Gasteiger partial charge in [-0.05, 0) is 48.9 Å². The van der Waals surface area contributed by atoms with Crippen LogP contribution < -0.4 is 11.5 Å². The molecule has 0 aliphatic rings. The quantitative estimate of drug-likeness (QED) is 0.126. The molecule has 0 aliphatic heterocycles.